The average molecular weight is 241 g/mol. The Labute approximate surface area is 110 Å². The van der Waals surface area contributed by atoms with Crippen molar-refractivity contribution in [3.8, 4) is 0 Å². The van der Waals surface area contributed by atoms with Crippen molar-refractivity contribution in [3.63, 3.8) is 0 Å². The fourth-order valence-electron chi connectivity index (χ4n) is 5.40. The predicted molar refractivity (Wildman–Crippen MR) is 75.7 cm³/mol. The van der Waals surface area contributed by atoms with Crippen LogP contribution in [0.5, 0.6) is 0 Å². The van der Waals surface area contributed by atoms with Gasteiger partial charge in [0.15, 0.2) is 0 Å². The SMILES string of the molecule is CN(c1ccccc1)C12CC3CC(CC(C3)C1)C2. The van der Waals surface area contributed by atoms with Crippen molar-refractivity contribution in [1.29, 1.82) is 0 Å². The third-order valence-corrected chi connectivity index (χ3v) is 5.86. The van der Waals surface area contributed by atoms with Crippen LogP contribution in [0.3, 0.4) is 0 Å². The van der Waals surface area contributed by atoms with E-state index in [2.05, 4.69) is 42.3 Å². The van der Waals surface area contributed by atoms with E-state index >= 15 is 0 Å². The first-order chi connectivity index (χ1) is 8.75. The highest BCUT2D eigenvalue weighted by Gasteiger charge is 2.52. The Morgan fingerprint density at radius 2 is 1.39 bits per heavy atom. The minimum Gasteiger partial charge on any atom is -0.369 e. The second-order valence-electron chi connectivity index (χ2n) is 7.04. The summed E-state index contributed by atoms with van der Waals surface area (Å²) in [6.45, 7) is 0. The second-order valence-corrected chi connectivity index (χ2v) is 7.04. The number of benzene rings is 1. The second kappa shape index (κ2) is 3.76. The number of anilines is 1. The van der Waals surface area contributed by atoms with Gasteiger partial charge in [-0.15, -0.1) is 0 Å². The molecule has 0 amide bonds. The summed E-state index contributed by atoms with van der Waals surface area (Å²) in [5.41, 5.74) is 1.91. The lowest BCUT2D eigenvalue weighted by Crippen LogP contribution is -2.59. The maximum Gasteiger partial charge on any atom is 0.0407 e. The van der Waals surface area contributed by atoms with Gasteiger partial charge in [-0.1, -0.05) is 18.2 Å². The van der Waals surface area contributed by atoms with Crippen LogP contribution in [0.4, 0.5) is 5.69 Å². The molecule has 0 spiro atoms. The van der Waals surface area contributed by atoms with Crippen LogP contribution >= 0.6 is 0 Å². The van der Waals surface area contributed by atoms with Gasteiger partial charge in [0.2, 0.25) is 0 Å². The molecule has 0 saturated heterocycles. The van der Waals surface area contributed by atoms with Crippen molar-refractivity contribution >= 4 is 5.69 Å². The number of hydrogen-bond acceptors (Lipinski definition) is 1. The van der Waals surface area contributed by atoms with Gasteiger partial charge in [-0.25, -0.2) is 0 Å². The summed E-state index contributed by atoms with van der Waals surface area (Å²) >= 11 is 0. The molecule has 0 unspecified atom stereocenters. The summed E-state index contributed by atoms with van der Waals surface area (Å²) in [6.07, 6.45) is 8.94. The quantitative estimate of drug-likeness (QED) is 0.753. The molecule has 0 aliphatic heterocycles. The van der Waals surface area contributed by atoms with Gasteiger partial charge in [0.25, 0.3) is 0 Å². The molecule has 96 valence electrons. The van der Waals surface area contributed by atoms with E-state index in [0.717, 1.165) is 17.8 Å². The van der Waals surface area contributed by atoms with E-state index in [1.54, 1.807) is 0 Å². The lowest BCUT2D eigenvalue weighted by Gasteiger charge is -2.60. The van der Waals surface area contributed by atoms with Crippen LogP contribution in [0.15, 0.2) is 30.3 Å². The van der Waals surface area contributed by atoms with Crippen LogP contribution < -0.4 is 4.90 Å². The van der Waals surface area contributed by atoms with Crippen molar-refractivity contribution in [2.45, 2.75) is 44.1 Å². The lowest BCUT2D eigenvalue weighted by atomic mass is 9.52. The zero-order chi connectivity index (χ0) is 12.2. The Hall–Kier alpha value is -0.980. The third kappa shape index (κ3) is 1.52. The van der Waals surface area contributed by atoms with Gasteiger partial charge in [0.1, 0.15) is 0 Å². The zero-order valence-electron chi connectivity index (χ0n) is 11.3. The van der Waals surface area contributed by atoms with Gasteiger partial charge in [-0.3, -0.25) is 0 Å². The summed E-state index contributed by atoms with van der Waals surface area (Å²) in [5, 5.41) is 0. The summed E-state index contributed by atoms with van der Waals surface area (Å²) in [4.78, 5) is 2.62. The van der Waals surface area contributed by atoms with E-state index in [1.807, 2.05) is 0 Å². The van der Waals surface area contributed by atoms with Crippen molar-refractivity contribution in [2.75, 3.05) is 11.9 Å². The Balaban J connectivity index is 1.67. The summed E-state index contributed by atoms with van der Waals surface area (Å²) in [5.74, 6) is 3.09. The minimum atomic E-state index is 0.496. The maximum absolute atomic E-state index is 2.62. The molecular weight excluding hydrogens is 218 g/mol. The number of hydrogen-bond donors (Lipinski definition) is 0. The first-order valence-corrected chi connectivity index (χ1v) is 7.54. The largest absolute Gasteiger partial charge is 0.369 e. The summed E-state index contributed by atoms with van der Waals surface area (Å²) in [7, 11) is 2.34. The smallest absolute Gasteiger partial charge is 0.0407 e. The van der Waals surface area contributed by atoms with Crippen LogP contribution in [0.2, 0.25) is 0 Å². The molecular formula is C17H23N. The molecule has 1 aromatic carbocycles. The number of para-hydroxylation sites is 1. The third-order valence-electron chi connectivity index (χ3n) is 5.86. The fourth-order valence-corrected chi connectivity index (χ4v) is 5.40. The highest BCUT2D eigenvalue weighted by molar-refractivity contribution is 5.48. The molecule has 1 nitrogen and oxygen atoms in total. The van der Waals surface area contributed by atoms with Crippen LogP contribution in [0.25, 0.3) is 0 Å². The fraction of sp³-hybridized carbons (Fsp3) is 0.647. The van der Waals surface area contributed by atoms with Crippen molar-refractivity contribution in [2.24, 2.45) is 17.8 Å². The molecule has 0 radical (unpaired) electrons. The Morgan fingerprint density at radius 1 is 0.889 bits per heavy atom. The van der Waals surface area contributed by atoms with Gasteiger partial charge in [-0.2, -0.15) is 0 Å². The molecule has 4 aliphatic carbocycles. The highest BCUT2D eigenvalue weighted by atomic mass is 15.2. The van der Waals surface area contributed by atoms with Crippen molar-refractivity contribution in [3.05, 3.63) is 30.3 Å². The normalized spacial score (nSPS) is 41.1. The molecule has 0 atom stereocenters. The van der Waals surface area contributed by atoms with Crippen molar-refractivity contribution in [1.82, 2.24) is 0 Å². The van der Waals surface area contributed by atoms with E-state index in [9.17, 15) is 0 Å². The average Bonchev–Trinajstić information content (AvgIpc) is 2.37. The van der Waals surface area contributed by atoms with Crippen molar-refractivity contribution < 1.29 is 0 Å². The van der Waals surface area contributed by atoms with E-state index in [0.29, 0.717) is 5.54 Å². The van der Waals surface area contributed by atoms with Gasteiger partial charge >= 0.3 is 0 Å². The molecule has 18 heavy (non-hydrogen) atoms. The van der Waals surface area contributed by atoms with E-state index in [1.165, 1.54) is 44.2 Å². The molecule has 4 aliphatic rings. The van der Waals surface area contributed by atoms with Crippen LogP contribution in [-0.4, -0.2) is 12.6 Å². The first-order valence-electron chi connectivity index (χ1n) is 7.54. The Morgan fingerprint density at radius 3 is 1.89 bits per heavy atom. The zero-order valence-corrected chi connectivity index (χ0v) is 11.3. The maximum atomic E-state index is 2.62. The van der Waals surface area contributed by atoms with Gasteiger partial charge < -0.3 is 4.90 Å². The minimum absolute atomic E-state index is 0.496. The molecule has 0 heterocycles. The molecule has 5 rings (SSSR count). The van der Waals surface area contributed by atoms with E-state index in [4.69, 9.17) is 0 Å². The topological polar surface area (TPSA) is 3.24 Å². The molecule has 4 bridgehead atoms. The first kappa shape index (κ1) is 10.9. The summed E-state index contributed by atoms with van der Waals surface area (Å²) in [6, 6.07) is 11.0. The Kier molecular flexibility index (Phi) is 2.27. The molecule has 1 heteroatoms. The van der Waals surface area contributed by atoms with Crippen LogP contribution in [-0.2, 0) is 0 Å². The Bertz CT molecular complexity index is 401. The molecule has 4 fully saturated rings. The standard InChI is InChI=1S/C17H23N/c1-18(16-5-3-2-4-6-16)17-10-13-7-14(11-17)9-15(8-13)12-17/h2-6,13-15H,7-12H2,1H3. The van der Waals surface area contributed by atoms with Gasteiger partial charge in [-0.05, 0) is 68.4 Å². The van der Waals surface area contributed by atoms with Gasteiger partial charge in [0.05, 0.1) is 0 Å². The molecule has 1 aromatic rings. The monoisotopic (exact) mass is 241 g/mol. The van der Waals surface area contributed by atoms with E-state index in [-0.39, 0.29) is 0 Å². The molecule has 0 aromatic heterocycles. The van der Waals surface area contributed by atoms with Gasteiger partial charge in [0, 0.05) is 18.3 Å². The van der Waals surface area contributed by atoms with Crippen LogP contribution in [0, 0.1) is 17.8 Å². The number of rotatable bonds is 2. The highest BCUT2D eigenvalue weighted by Crippen LogP contribution is 2.58. The summed E-state index contributed by atoms with van der Waals surface area (Å²) < 4.78 is 0. The lowest BCUT2D eigenvalue weighted by molar-refractivity contribution is -0.00200. The molecule has 0 N–H and O–H groups in total. The predicted octanol–water partition coefficient (Wildman–Crippen LogP) is 4.09. The van der Waals surface area contributed by atoms with E-state index < -0.39 is 0 Å². The number of nitrogens with zero attached hydrogens (tertiary/aromatic N) is 1. The van der Waals surface area contributed by atoms with Crippen LogP contribution in [0.1, 0.15) is 38.5 Å². The molecule has 4 saturated carbocycles.